The number of likely N-dealkylation sites (tertiary alicyclic amines) is 1. The van der Waals surface area contributed by atoms with E-state index in [4.69, 9.17) is 9.84 Å². The third-order valence-electron chi connectivity index (χ3n) is 4.72. The van der Waals surface area contributed by atoms with Crippen molar-refractivity contribution in [2.45, 2.75) is 31.5 Å². The van der Waals surface area contributed by atoms with Crippen molar-refractivity contribution in [3.8, 4) is 0 Å². The molecule has 0 amide bonds. The zero-order chi connectivity index (χ0) is 14.8. The van der Waals surface area contributed by atoms with E-state index < -0.39 is 9.84 Å². The smallest absolute Gasteiger partial charge is 0.148 e. The van der Waals surface area contributed by atoms with Crippen LogP contribution in [0.2, 0.25) is 0 Å². The minimum atomic E-state index is -2.92. The standard InChI is InChI=1S/C13H25NO5S/c1-20(17,18)9-6-14-4-2-13(3-5-14)11(16)10-12(13)19-8-7-15/h11-12,15-16H,2-10H2,1H3/t11-,12+/m0/s1. The Labute approximate surface area is 120 Å². The van der Waals surface area contributed by atoms with Gasteiger partial charge in [0, 0.05) is 24.6 Å². The summed E-state index contributed by atoms with van der Waals surface area (Å²) >= 11 is 0. The first kappa shape index (κ1) is 16.2. The van der Waals surface area contributed by atoms with Crippen LogP contribution in [0.5, 0.6) is 0 Å². The van der Waals surface area contributed by atoms with Crippen molar-refractivity contribution in [3.05, 3.63) is 0 Å². The van der Waals surface area contributed by atoms with Gasteiger partial charge in [-0.2, -0.15) is 0 Å². The first-order valence-corrected chi connectivity index (χ1v) is 9.24. The van der Waals surface area contributed by atoms with Gasteiger partial charge in [-0.05, 0) is 25.9 Å². The number of hydrogen-bond donors (Lipinski definition) is 2. The average Bonchev–Trinajstić information content (AvgIpc) is 2.40. The molecule has 0 bridgehead atoms. The maximum Gasteiger partial charge on any atom is 0.148 e. The largest absolute Gasteiger partial charge is 0.394 e. The molecule has 2 rings (SSSR count). The molecule has 2 atom stereocenters. The summed E-state index contributed by atoms with van der Waals surface area (Å²) in [4.78, 5) is 2.14. The quantitative estimate of drug-likeness (QED) is 0.672. The van der Waals surface area contributed by atoms with E-state index in [9.17, 15) is 13.5 Å². The normalized spacial score (nSPS) is 30.4. The van der Waals surface area contributed by atoms with Gasteiger partial charge in [-0.1, -0.05) is 0 Å². The Kier molecular flexibility index (Phi) is 5.07. The fourth-order valence-electron chi connectivity index (χ4n) is 3.30. The molecule has 1 aliphatic heterocycles. The lowest BCUT2D eigenvalue weighted by Gasteiger charge is -2.56. The Morgan fingerprint density at radius 3 is 2.50 bits per heavy atom. The number of aliphatic hydroxyl groups is 2. The predicted octanol–water partition coefficient (Wildman–Crippen LogP) is -0.745. The number of piperidine rings is 1. The molecule has 1 saturated heterocycles. The van der Waals surface area contributed by atoms with Crippen molar-refractivity contribution in [1.29, 1.82) is 0 Å². The molecule has 0 aromatic rings. The zero-order valence-corrected chi connectivity index (χ0v) is 12.8. The van der Waals surface area contributed by atoms with Crippen LogP contribution in [0.3, 0.4) is 0 Å². The molecule has 118 valence electrons. The van der Waals surface area contributed by atoms with Gasteiger partial charge in [-0.3, -0.25) is 0 Å². The maximum absolute atomic E-state index is 11.2. The summed E-state index contributed by atoms with van der Waals surface area (Å²) in [5, 5.41) is 18.9. The molecular formula is C13H25NO5S. The Bertz CT molecular complexity index is 416. The molecule has 2 aliphatic rings. The molecule has 1 saturated carbocycles. The first-order chi connectivity index (χ1) is 9.37. The van der Waals surface area contributed by atoms with E-state index in [-0.39, 0.29) is 30.0 Å². The number of hydrogen-bond acceptors (Lipinski definition) is 6. The molecule has 20 heavy (non-hydrogen) atoms. The van der Waals surface area contributed by atoms with Crippen LogP contribution in [0.1, 0.15) is 19.3 Å². The summed E-state index contributed by atoms with van der Waals surface area (Å²) in [6.45, 7) is 2.48. The van der Waals surface area contributed by atoms with Gasteiger partial charge in [0.1, 0.15) is 9.84 Å². The second-order valence-corrected chi connectivity index (χ2v) is 8.30. The van der Waals surface area contributed by atoms with Crippen molar-refractivity contribution in [3.63, 3.8) is 0 Å². The van der Waals surface area contributed by atoms with E-state index in [1.165, 1.54) is 6.26 Å². The van der Waals surface area contributed by atoms with Crippen LogP contribution in [0.4, 0.5) is 0 Å². The highest BCUT2D eigenvalue weighted by atomic mass is 32.2. The maximum atomic E-state index is 11.2. The number of ether oxygens (including phenoxy) is 1. The minimum Gasteiger partial charge on any atom is -0.394 e. The van der Waals surface area contributed by atoms with Crippen molar-refractivity contribution in [2.24, 2.45) is 5.41 Å². The van der Waals surface area contributed by atoms with Crippen LogP contribution in [-0.2, 0) is 14.6 Å². The van der Waals surface area contributed by atoms with Gasteiger partial charge in [0.25, 0.3) is 0 Å². The predicted molar refractivity (Wildman–Crippen MR) is 75.3 cm³/mol. The van der Waals surface area contributed by atoms with Gasteiger partial charge >= 0.3 is 0 Å². The van der Waals surface area contributed by atoms with Crippen LogP contribution in [0, 0.1) is 5.41 Å². The molecule has 0 radical (unpaired) electrons. The van der Waals surface area contributed by atoms with Crippen molar-refractivity contribution in [2.75, 3.05) is 44.9 Å². The van der Waals surface area contributed by atoms with Gasteiger partial charge in [0.15, 0.2) is 0 Å². The fraction of sp³-hybridized carbons (Fsp3) is 1.00. The first-order valence-electron chi connectivity index (χ1n) is 7.18. The van der Waals surface area contributed by atoms with Gasteiger partial charge < -0.3 is 19.8 Å². The number of nitrogens with zero attached hydrogens (tertiary/aromatic N) is 1. The van der Waals surface area contributed by atoms with Gasteiger partial charge in [0.2, 0.25) is 0 Å². The van der Waals surface area contributed by atoms with Crippen molar-refractivity contribution in [1.82, 2.24) is 4.90 Å². The summed E-state index contributed by atoms with van der Waals surface area (Å²) in [6.07, 6.45) is 3.25. The van der Waals surface area contributed by atoms with Crippen LogP contribution in [-0.4, -0.2) is 80.6 Å². The summed E-state index contributed by atoms with van der Waals surface area (Å²) in [5.41, 5.74) is -0.184. The van der Waals surface area contributed by atoms with Crippen molar-refractivity contribution >= 4 is 9.84 Å². The highest BCUT2D eigenvalue weighted by Gasteiger charge is 2.55. The zero-order valence-electron chi connectivity index (χ0n) is 12.0. The molecule has 0 aromatic heterocycles. The lowest BCUT2D eigenvalue weighted by atomic mass is 9.58. The van der Waals surface area contributed by atoms with Gasteiger partial charge in [-0.15, -0.1) is 0 Å². The summed E-state index contributed by atoms with van der Waals surface area (Å²) in [7, 11) is -2.92. The highest BCUT2D eigenvalue weighted by molar-refractivity contribution is 7.90. The summed E-state index contributed by atoms with van der Waals surface area (Å²) < 4.78 is 28.0. The molecular weight excluding hydrogens is 282 g/mol. The van der Waals surface area contributed by atoms with E-state index in [0.717, 1.165) is 25.9 Å². The fourth-order valence-corrected chi connectivity index (χ4v) is 3.89. The Hall–Kier alpha value is -0.210. The van der Waals surface area contributed by atoms with Crippen LogP contribution < -0.4 is 0 Å². The second kappa shape index (κ2) is 6.27. The Morgan fingerprint density at radius 1 is 1.35 bits per heavy atom. The Morgan fingerprint density at radius 2 is 2.00 bits per heavy atom. The molecule has 1 spiro atoms. The van der Waals surface area contributed by atoms with E-state index in [0.29, 0.717) is 19.6 Å². The highest BCUT2D eigenvalue weighted by Crippen LogP contribution is 2.50. The summed E-state index contributed by atoms with van der Waals surface area (Å²) in [6, 6.07) is 0. The molecule has 6 nitrogen and oxygen atoms in total. The van der Waals surface area contributed by atoms with E-state index in [1.54, 1.807) is 0 Å². The van der Waals surface area contributed by atoms with E-state index in [1.807, 2.05) is 0 Å². The number of sulfone groups is 1. The van der Waals surface area contributed by atoms with Gasteiger partial charge in [-0.25, -0.2) is 8.42 Å². The molecule has 1 aliphatic carbocycles. The monoisotopic (exact) mass is 307 g/mol. The van der Waals surface area contributed by atoms with Crippen LogP contribution in [0.15, 0.2) is 0 Å². The van der Waals surface area contributed by atoms with Crippen LogP contribution >= 0.6 is 0 Å². The second-order valence-electron chi connectivity index (χ2n) is 6.04. The molecule has 1 heterocycles. The summed E-state index contributed by atoms with van der Waals surface area (Å²) in [5.74, 6) is 0.187. The molecule has 2 N–H and O–H groups in total. The van der Waals surface area contributed by atoms with Crippen LogP contribution in [0.25, 0.3) is 0 Å². The average molecular weight is 307 g/mol. The van der Waals surface area contributed by atoms with Crippen molar-refractivity contribution < 1.29 is 23.4 Å². The third kappa shape index (κ3) is 3.51. The van der Waals surface area contributed by atoms with E-state index >= 15 is 0 Å². The lowest BCUT2D eigenvalue weighted by molar-refractivity contribution is -0.213. The lowest BCUT2D eigenvalue weighted by Crippen LogP contribution is -2.62. The molecule has 7 heteroatoms. The van der Waals surface area contributed by atoms with E-state index in [2.05, 4.69) is 4.90 Å². The SMILES string of the molecule is CS(=O)(=O)CCN1CCC2(CC1)[C@@H](O)C[C@H]2OCCO. The minimum absolute atomic E-state index is 0.00313. The van der Waals surface area contributed by atoms with Gasteiger partial charge in [0.05, 0.1) is 31.2 Å². The third-order valence-corrected chi connectivity index (χ3v) is 5.64. The molecule has 2 fully saturated rings. The topological polar surface area (TPSA) is 87.1 Å². The number of aliphatic hydroxyl groups excluding tert-OH is 2. The number of rotatable bonds is 6. The molecule has 0 unspecified atom stereocenters. The molecule has 0 aromatic carbocycles. The Balaban J connectivity index is 1.83.